The number of allylic oxidation sites excluding steroid dienone is 1. The molecule has 1 aromatic carbocycles. The Balaban J connectivity index is 2.08. The fourth-order valence-corrected chi connectivity index (χ4v) is 2.67. The van der Waals surface area contributed by atoms with Gasteiger partial charge in [-0.2, -0.15) is 0 Å². The number of aromatic nitrogens is 1. The van der Waals surface area contributed by atoms with Gasteiger partial charge in [-0.3, -0.25) is 4.98 Å². The summed E-state index contributed by atoms with van der Waals surface area (Å²) >= 11 is 0. The molecule has 102 valence electrons. The van der Waals surface area contributed by atoms with Crippen molar-refractivity contribution in [3.8, 4) is 0 Å². The van der Waals surface area contributed by atoms with Crippen LogP contribution in [-0.4, -0.2) is 4.98 Å². The zero-order valence-electron chi connectivity index (χ0n) is 10.8. The summed E-state index contributed by atoms with van der Waals surface area (Å²) in [7, 11) is 0. The summed E-state index contributed by atoms with van der Waals surface area (Å²) in [6.45, 7) is 0. The van der Waals surface area contributed by atoms with E-state index in [-0.39, 0.29) is 5.92 Å². The first-order valence-electron chi connectivity index (χ1n) is 6.49. The Hall–Kier alpha value is -2.07. The topological polar surface area (TPSA) is 38.9 Å². The molecule has 0 saturated heterocycles. The van der Waals surface area contributed by atoms with E-state index >= 15 is 0 Å². The molecule has 0 unspecified atom stereocenters. The van der Waals surface area contributed by atoms with E-state index in [0.717, 1.165) is 17.3 Å². The molecule has 0 aliphatic heterocycles. The van der Waals surface area contributed by atoms with Gasteiger partial charge in [-0.05, 0) is 35.8 Å². The van der Waals surface area contributed by atoms with Crippen molar-refractivity contribution in [1.82, 2.24) is 4.98 Å². The molecule has 1 heterocycles. The van der Waals surface area contributed by atoms with E-state index in [9.17, 15) is 8.78 Å². The van der Waals surface area contributed by atoms with E-state index in [1.54, 1.807) is 18.3 Å². The Morgan fingerprint density at radius 2 is 1.90 bits per heavy atom. The van der Waals surface area contributed by atoms with E-state index in [2.05, 4.69) is 4.98 Å². The number of rotatable bonds is 1. The van der Waals surface area contributed by atoms with Crippen molar-refractivity contribution in [2.75, 3.05) is 0 Å². The molecule has 3 rings (SSSR count). The highest BCUT2D eigenvalue weighted by Gasteiger charge is 2.27. The minimum atomic E-state index is -0.839. The Morgan fingerprint density at radius 1 is 1.10 bits per heavy atom. The standard InChI is InChI=1S/C16H14F2N2/c17-13-7-1-4-10(15(13)18)11-5-2-8-14-12(16(11)19)6-3-9-20-14/h1-4,6-9,11,16H,5,19H2/t11-,16+/m1/s1. The molecule has 1 aliphatic rings. The first-order valence-corrected chi connectivity index (χ1v) is 6.49. The molecule has 2 N–H and O–H groups in total. The maximum absolute atomic E-state index is 14.0. The Morgan fingerprint density at radius 3 is 2.75 bits per heavy atom. The monoisotopic (exact) mass is 272 g/mol. The lowest BCUT2D eigenvalue weighted by Crippen LogP contribution is -2.21. The quantitative estimate of drug-likeness (QED) is 0.862. The number of halogens is 2. The SMILES string of the molecule is N[C@@H]1c2cccnc2C=CC[C@@H]1c1cccc(F)c1F. The van der Waals surface area contributed by atoms with Crippen molar-refractivity contribution in [2.24, 2.45) is 5.73 Å². The van der Waals surface area contributed by atoms with Crippen LogP contribution in [0.25, 0.3) is 6.08 Å². The highest BCUT2D eigenvalue weighted by atomic mass is 19.2. The number of pyridine rings is 1. The fraction of sp³-hybridized carbons (Fsp3) is 0.188. The molecule has 0 fully saturated rings. The highest BCUT2D eigenvalue weighted by Crippen LogP contribution is 2.37. The Bertz CT molecular complexity index is 667. The van der Waals surface area contributed by atoms with Gasteiger partial charge in [0.05, 0.1) is 5.69 Å². The molecule has 20 heavy (non-hydrogen) atoms. The van der Waals surface area contributed by atoms with Crippen molar-refractivity contribution in [3.05, 3.63) is 71.1 Å². The van der Waals surface area contributed by atoms with Gasteiger partial charge in [0.25, 0.3) is 0 Å². The molecule has 2 aromatic rings. The molecule has 0 amide bonds. The zero-order valence-corrected chi connectivity index (χ0v) is 10.8. The summed E-state index contributed by atoms with van der Waals surface area (Å²) < 4.78 is 27.4. The predicted molar refractivity (Wildman–Crippen MR) is 73.9 cm³/mol. The zero-order chi connectivity index (χ0) is 14.1. The lowest BCUT2D eigenvalue weighted by Gasteiger charge is -2.23. The summed E-state index contributed by atoms with van der Waals surface area (Å²) in [5.41, 5.74) is 8.24. The van der Waals surface area contributed by atoms with Crippen molar-refractivity contribution >= 4 is 6.08 Å². The lowest BCUT2D eigenvalue weighted by atomic mass is 9.86. The van der Waals surface area contributed by atoms with Gasteiger partial charge in [0.1, 0.15) is 0 Å². The third kappa shape index (κ3) is 2.12. The van der Waals surface area contributed by atoms with Crippen LogP contribution in [0.5, 0.6) is 0 Å². The minimum absolute atomic E-state index is 0.299. The van der Waals surface area contributed by atoms with Crippen LogP contribution in [0.4, 0.5) is 8.78 Å². The van der Waals surface area contributed by atoms with Gasteiger partial charge < -0.3 is 5.73 Å². The molecule has 0 bridgehead atoms. The molecule has 2 nitrogen and oxygen atoms in total. The van der Waals surface area contributed by atoms with Crippen molar-refractivity contribution < 1.29 is 8.78 Å². The largest absolute Gasteiger partial charge is 0.323 e. The summed E-state index contributed by atoms with van der Waals surface area (Å²) in [5, 5.41) is 0. The molecule has 4 heteroatoms. The third-order valence-corrected chi connectivity index (χ3v) is 3.71. The average molecular weight is 272 g/mol. The first-order chi connectivity index (χ1) is 9.68. The van der Waals surface area contributed by atoms with E-state index < -0.39 is 17.7 Å². The van der Waals surface area contributed by atoms with Crippen LogP contribution in [0.3, 0.4) is 0 Å². The number of hydrogen-bond donors (Lipinski definition) is 1. The van der Waals surface area contributed by atoms with Gasteiger partial charge in [-0.15, -0.1) is 0 Å². The maximum atomic E-state index is 14.0. The molecule has 1 aliphatic carbocycles. The summed E-state index contributed by atoms with van der Waals surface area (Å²) in [5.74, 6) is -1.95. The summed E-state index contributed by atoms with van der Waals surface area (Å²) in [6.07, 6.45) is 6.04. The van der Waals surface area contributed by atoms with Crippen LogP contribution in [0.2, 0.25) is 0 Å². The minimum Gasteiger partial charge on any atom is -0.323 e. The number of nitrogens with two attached hydrogens (primary N) is 1. The summed E-state index contributed by atoms with van der Waals surface area (Å²) in [4.78, 5) is 4.26. The Kier molecular flexibility index (Phi) is 3.32. The maximum Gasteiger partial charge on any atom is 0.162 e. The average Bonchev–Trinajstić information content (AvgIpc) is 2.62. The number of hydrogen-bond acceptors (Lipinski definition) is 2. The van der Waals surface area contributed by atoms with Crippen molar-refractivity contribution in [1.29, 1.82) is 0 Å². The predicted octanol–water partition coefficient (Wildman–Crippen LogP) is 3.56. The molecule has 2 atom stereocenters. The van der Waals surface area contributed by atoms with Crippen LogP contribution in [0, 0.1) is 11.6 Å². The van der Waals surface area contributed by atoms with Crippen LogP contribution < -0.4 is 5.73 Å². The molecule has 0 saturated carbocycles. The van der Waals surface area contributed by atoms with Gasteiger partial charge in [-0.25, -0.2) is 8.78 Å². The van der Waals surface area contributed by atoms with E-state index in [1.807, 2.05) is 18.2 Å². The van der Waals surface area contributed by atoms with E-state index in [0.29, 0.717) is 12.0 Å². The normalized spacial score (nSPS) is 21.4. The van der Waals surface area contributed by atoms with Gasteiger partial charge in [0, 0.05) is 18.2 Å². The van der Waals surface area contributed by atoms with Gasteiger partial charge in [0.2, 0.25) is 0 Å². The summed E-state index contributed by atoms with van der Waals surface area (Å²) in [6, 6.07) is 7.50. The molecular formula is C16H14F2N2. The second-order valence-corrected chi connectivity index (χ2v) is 4.89. The van der Waals surface area contributed by atoms with Crippen molar-refractivity contribution in [3.63, 3.8) is 0 Å². The molecular weight excluding hydrogens is 258 g/mol. The first kappa shape index (κ1) is 12.9. The van der Waals surface area contributed by atoms with Crippen LogP contribution in [0.15, 0.2) is 42.6 Å². The third-order valence-electron chi connectivity index (χ3n) is 3.71. The molecule has 0 radical (unpaired) electrons. The lowest BCUT2D eigenvalue weighted by molar-refractivity contribution is 0.469. The van der Waals surface area contributed by atoms with Crippen LogP contribution in [-0.2, 0) is 0 Å². The van der Waals surface area contributed by atoms with Crippen molar-refractivity contribution in [2.45, 2.75) is 18.4 Å². The van der Waals surface area contributed by atoms with Gasteiger partial charge in [-0.1, -0.05) is 24.3 Å². The number of fused-ring (bicyclic) bond motifs is 1. The molecule has 1 aromatic heterocycles. The number of benzene rings is 1. The Labute approximate surface area is 116 Å². The fourth-order valence-electron chi connectivity index (χ4n) is 2.67. The van der Waals surface area contributed by atoms with Gasteiger partial charge >= 0.3 is 0 Å². The van der Waals surface area contributed by atoms with Crippen LogP contribution >= 0.6 is 0 Å². The van der Waals surface area contributed by atoms with Crippen LogP contribution in [0.1, 0.15) is 35.2 Å². The van der Waals surface area contributed by atoms with E-state index in [4.69, 9.17) is 5.73 Å². The van der Waals surface area contributed by atoms with Gasteiger partial charge in [0.15, 0.2) is 11.6 Å². The second kappa shape index (κ2) is 5.13. The highest BCUT2D eigenvalue weighted by molar-refractivity contribution is 5.53. The number of nitrogens with zero attached hydrogens (tertiary/aromatic N) is 1. The molecule has 0 spiro atoms. The smallest absolute Gasteiger partial charge is 0.162 e. The van der Waals surface area contributed by atoms with E-state index in [1.165, 1.54) is 6.07 Å². The second-order valence-electron chi connectivity index (χ2n) is 4.89.